The van der Waals surface area contributed by atoms with E-state index in [1.807, 2.05) is 6.92 Å². The van der Waals surface area contributed by atoms with Gasteiger partial charge in [-0.2, -0.15) is 0 Å². The second-order valence-corrected chi connectivity index (χ2v) is 7.59. The van der Waals surface area contributed by atoms with Crippen molar-refractivity contribution in [1.29, 1.82) is 0 Å². The molecule has 0 spiro atoms. The lowest BCUT2D eigenvalue weighted by atomic mass is 9.97. The zero-order chi connectivity index (χ0) is 21.7. The van der Waals surface area contributed by atoms with Crippen LogP contribution in [0.25, 0.3) is 11.0 Å². The number of benzene rings is 1. The van der Waals surface area contributed by atoms with Crippen LogP contribution in [0.5, 0.6) is 0 Å². The summed E-state index contributed by atoms with van der Waals surface area (Å²) in [6.07, 6.45) is -2.28. The maximum Gasteiger partial charge on any atom is 0.164 e. The Morgan fingerprint density at radius 1 is 1.19 bits per heavy atom. The summed E-state index contributed by atoms with van der Waals surface area (Å²) in [7, 11) is 0. The number of aromatic nitrogens is 3. The third-order valence-corrected chi connectivity index (χ3v) is 5.79. The average Bonchev–Trinajstić information content (AvgIpc) is 3.44. The largest absolute Gasteiger partial charge is 0.387 e. The van der Waals surface area contributed by atoms with E-state index in [0.717, 1.165) is 17.5 Å². The molecule has 2 aliphatic heterocycles. The summed E-state index contributed by atoms with van der Waals surface area (Å²) in [5.41, 5.74) is 2.09. The summed E-state index contributed by atoms with van der Waals surface area (Å²) in [4.78, 5) is 8.54. The highest BCUT2D eigenvalue weighted by molar-refractivity contribution is 5.78. The smallest absolute Gasteiger partial charge is 0.164 e. The van der Waals surface area contributed by atoms with E-state index >= 15 is 0 Å². The monoisotopic (exact) mass is 433 g/mol. The second kappa shape index (κ2) is 7.88. The third-order valence-electron chi connectivity index (χ3n) is 5.79. The molecule has 2 aromatic heterocycles. The summed E-state index contributed by atoms with van der Waals surface area (Å²) < 4.78 is 46.1. The first kappa shape index (κ1) is 20.4. The van der Waals surface area contributed by atoms with E-state index in [0.29, 0.717) is 35.7 Å². The summed E-state index contributed by atoms with van der Waals surface area (Å²) >= 11 is 0. The van der Waals surface area contributed by atoms with Crippen molar-refractivity contribution in [1.82, 2.24) is 14.5 Å². The van der Waals surface area contributed by atoms with Crippen LogP contribution in [-0.2, 0) is 27.4 Å². The third kappa shape index (κ3) is 3.31. The number of ether oxygens (including phenoxy) is 3. The summed E-state index contributed by atoms with van der Waals surface area (Å²) in [6.45, 7) is 2.80. The maximum atomic E-state index is 13.8. The molecule has 0 bridgehead atoms. The molecule has 10 heteroatoms. The van der Waals surface area contributed by atoms with Crippen LogP contribution in [0.15, 0.2) is 30.7 Å². The standard InChI is InChI=1S/C21H21F2N3O5/c1-2-29-8-15-11-3-4-26(20(11)25-9-24-15)21-17(28)16(27)19(31-21)18-12-6-14(23)13(22)5-10(12)7-30-18/h3-6,9,16-19,21,27-28H,2,7-8H2,1H3/t16-,17+,18+,19-,21+/m0/s1. The van der Waals surface area contributed by atoms with Crippen LogP contribution in [-0.4, -0.2) is 49.7 Å². The van der Waals surface area contributed by atoms with Gasteiger partial charge in [-0.05, 0) is 36.2 Å². The number of halogens is 2. The minimum atomic E-state index is -1.31. The molecular formula is C21H21F2N3O5. The molecule has 1 saturated heterocycles. The molecule has 31 heavy (non-hydrogen) atoms. The van der Waals surface area contributed by atoms with Gasteiger partial charge in [0.05, 0.1) is 18.9 Å². The minimum absolute atomic E-state index is 0.0605. The molecule has 1 fully saturated rings. The van der Waals surface area contributed by atoms with Gasteiger partial charge in [0.25, 0.3) is 0 Å². The van der Waals surface area contributed by atoms with Gasteiger partial charge in [0.15, 0.2) is 17.9 Å². The van der Waals surface area contributed by atoms with Crippen molar-refractivity contribution < 1.29 is 33.2 Å². The Hall–Kier alpha value is -2.50. The molecule has 5 atom stereocenters. The molecule has 5 rings (SSSR count). The maximum absolute atomic E-state index is 13.8. The zero-order valence-corrected chi connectivity index (χ0v) is 16.6. The number of aliphatic hydroxyl groups is 2. The van der Waals surface area contributed by atoms with Gasteiger partial charge in [0, 0.05) is 18.2 Å². The van der Waals surface area contributed by atoms with Crippen LogP contribution >= 0.6 is 0 Å². The van der Waals surface area contributed by atoms with E-state index in [2.05, 4.69) is 9.97 Å². The number of rotatable bonds is 5. The first-order valence-corrected chi connectivity index (χ1v) is 9.98. The van der Waals surface area contributed by atoms with Crippen molar-refractivity contribution in [3.05, 3.63) is 59.2 Å². The molecule has 0 radical (unpaired) electrons. The lowest BCUT2D eigenvalue weighted by Crippen LogP contribution is -2.34. The van der Waals surface area contributed by atoms with Crippen LogP contribution in [0.2, 0.25) is 0 Å². The van der Waals surface area contributed by atoms with Crippen LogP contribution in [0.1, 0.15) is 36.1 Å². The van der Waals surface area contributed by atoms with Crippen LogP contribution in [0.3, 0.4) is 0 Å². The molecule has 0 saturated carbocycles. The Labute approximate surface area is 176 Å². The quantitative estimate of drug-likeness (QED) is 0.636. The Morgan fingerprint density at radius 3 is 2.81 bits per heavy atom. The molecule has 1 aromatic carbocycles. The number of aliphatic hydroxyl groups excluding tert-OH is 2. The van der Waals surface area contributed by atoms with E-state index in [1.54, 1.807) is 16.8 Å². The van der Waals surface area contributed by atoms with Crippen molar-refractivity contribution >= 4 is 11.0 Å². The van der Waals surface area contributed by atoms with Gasteiger partial charge < -0.3 is 29.0 Å². The lowest BCUT2D eigenvalue weighted by Gasteiger charge is -2.22. The highest BCUT2D eigenvalue weighted by atomic mass is 19.2. The highest BCUT2D eigenvalue weighted by Gasteiger charge is 2.50. The number of hydrogen-bond donors (Lipinski definition) is 2. The number of hydrogen-bond acceptors (Lipinski definition) is 7. The van der Waals surface area contributed by atoms with Gasteiger partial charge in [-0.1, -0.05) is 0 Å². The van der Waals surface area contributed by atoms with E-state index in [4.69, 9.17) is 14.2 Å². The van der Waals surface area contributed by atoms with Crippen molar-refractivity contribution in [2.45, 2.75) is 50.8 Å². The highest BCUT2D eigenvalue weighted by Crippen LogP contribution is 2.43. The fourth-order valence-corrected chi connectivity index (χ4v) is 4.24. The van der Waals surface area contributed by atoms with Crippen molar-refractivity contribution in [3.63, 3.8) is 0 Å². The Morgan fingerprint density at radius 2 is 2.00 bits per heavy atom. The van der Waals surface area contributed by atoms with Gasteiger partial charge in [-0.3, -0.25) is 0 Å². The summed E-state index contributed by atoms with van der Waals surface area (Å²) in [5, 5.41) is 22.2. The van der Waals surface area contributed by atoms with Gasteiger partial charge in [0.2, 0.25) is 0 Å². The molecule has 0 aliphatic carbocycles. The molecule has 2 N–H and O–H groups in total. The van der Waals surface area contributed by atoms with Gasteiger partial charge in [0.1, 0.15) is 36.4 Å². The first-order chi connectivity index (χ1) is 15.0. The average molecular weight is 433 g/mol. The van der Waals surface area contributed by atoms with E-state index in [9.17, 15) is 19.0 Å². The number of nitrogens with zero attached hydrogens (tertiary/aromatic N) is 3. The minimum Gasteiger partial charge on any atom is -0.387 e. The van der Waals surface area contributed by atoms with E-state index in [1.165, 1.54) is 6.33 Å². The first-order valence-electron chi connectivity index (χ1n) is 9.98. The predicted octanol–water partition coefficient (Wildman–Crippen LogP) is 2.14. The topological polar surface area (TPSA) is 98.9 Å². The van der Waals surface area contributed by atoms with Crippen molar-refractivity contribution in [2.75, 3.05) is 6.61 Å². The lowest BCUT2D eigenvalue weighted by molar-refractivity contribution is -0.104. The van der Waals surface area contributed by atoms with Crippen molar-refractivity contribution in [2.24, 2.45) is 0 Å². The summed E-state index contributed by atoms with van der Waals surface area (Å²) in [6, 6.07) is 3.92. The Bertz CT molecular complexity index is 1120. The zero-order valence-electron chi connectivity index (χ0n) is 16.6. The molecule has 8 nitrogen and oxygen atoms in total. The molecule has 2 aliphatic rings. The predicted molar refractivity (Wildman–Crippen MR) is 103 cm³/mol. The number of fused-ring (bicyclic) bond motifs is 2. The normalized spacial score (nSPS) is 27.8. The Balaban J connectivity index is 1.46. The second-order valence-electron chi connectivity index (χ2n) is 7.59. The van der Waals surface area contributed by atoms with Crippen LogP contribution < -0.4 is 0 Å². The Kier molecular flexibility index (Phi) is 5.19. The SMILES string of the molecule is CCOCc1ncnc2c1ccn2[C@@H]1O[C@H]([C@@H]2OCc3cc(F)c(F)cc32)[C@@H](O)[C@H]1O. The fourth-order valence-electron chi connectivity index (χ4n) is 4.24. The van der Waals surface area contributed by atoms with Crippen LogP contribution in [0.4, 0.5) is 8.78 Å². The molecular weight excluding hydrogens is 412 g/mol. The molecule has 3 aromatic rings. The molecule has 0 unspecified atom stereocenters. The van der Waals surface area contributed by atoms with E-state index in [-0.39, 0.29) is 6.61 Å². The van der Waals surface area contributed by atoms with Gasteiger partial charge in [-0.25, -0.2) is 18.7 Å². The van der Waals surface area contributed by atoms with Crippen LogP contribution in [0, 0.1) is 11.6 Å². The van der Waals surface area contributed by atoms with Gasteiger partial charge >= 0.3 is 0 Å². The van der Waals surface area contributed by atoms with Gasteiger partial charge in [-0.15, -0.1) is 0 Å². The fraction of sp³-hybridized carbons (Fsp3) is 0.429. The molecule has 0 amide bonds. The van der Waals surface area contributed by atoms with Crippen molar-refractivity contribution in [3.8, 4) is 0 Å². The summed E-state index contributed by atoms with van der Waals surface area (Å²) in [5.74, 6) is -1.97. The van der Waals surface area contributed by atoms with E-state index < -0.39 is 42.3 Å². The molecule has 164 valence electrons. The molecule has 4 heterocycles.